The number of nitrogens with zero attached hydrogens (tertiary/aromatic N) is 5. The molecule has 3 aromatic rings. The van der Waals surface area contributed by atoms with Gasteiger partial charge in [-0.1, -0.05) is 6.92 Å². The Morgan fingerprint density at radius 3 is 2.73 bits per heavy atom. The molecule has 33 heavy (non-hydrogen) atoms. The van der Waals surface area contributed by atoms with Gasteiger partial charge in [0, 0.05) is 23.1 Å². The van der Waals surface area contributed by atoms with Crippen molar-refractivity contribution in [2.24, 2.45) is 5.92 Å². The molecule has 1 aromatic carbocycles. The zero-order valence-electron chi connectivity index (χ0n) is 18.7. The smallest absolute Gasteiger partial charge is 0.312 e. The number of hydrogen-bond donors (Lipinski definition) is 1. The zero-order valence-corrected chi connectivity index (χ0v) is 20.8. The van der Waals surface area contributed by atoms with E-state index < -0.39 is 6.08 Å². The number of fused-ring (bicyclic) bond motifs is 2. The molecule has 176 valence electrons. The molecule has 1 fully saturated rings. The summed E-state index contributed by atoms with van der Waals surface area (Å²) in [5, 5.41) is 0. The van der Waals surface area contributed by atoms with Crippen LogP contribution in [-0.4, -0.2) is 50.8 Å². The second-order valence-corrected chi connectivity index (χ2v) is 9.96. The van der Waals surface area contributed by atoms with E-state index in [2.05, 4.69) is 44.4 Å². The number of nitrogens with two attached hydrogens (primary N) is 1. The molecule has 8 nitrogen and oxygen atoms in total. The minimum atomic E-state index is -0.827. The van der Waals surface area contributed by atoms with Crippen LogP contribution in [0.2, 0.25) is 0 Å². The molecular formula is C23H28FIN6O2. The van der Waals surface area contributed by atoms with Crippen molar-refractivity contribution >= 4 is 39.6 Å². The number of hydrogen-bond acceptors (Lipinski definition) is 7. The summed E-state index contributed by atoms with van der Waals surface area (Å²) in [5.74, 6) is 3.20. The van der Waals surface area contributed by atoms with Crippen LogP contribution in [0.15, 0.2) is 12.1 Å². The summed E-state index contributed by atoms with van der Waals surface area (Å²) >= 11 is 2.29. The second-order valence-electron chi connectivity index (χ2n) is 8.80. The van der Waals surface area contributed by atoms with Crippen molar-refractivity contribution in [2.45, 2.75) is 45.6 Å². The Labute approximate surface area is 205 Å². The molecule has 0 unspecified atom stereocenters. The van der Waals surface area contributed by atoms with Gasteiger partial charge in [0.25, 0.3) is 0 Å². The van der Waals surface area contributed by atoms with E-state index in [4.69, 9.17) is 20.2 Å². The molecule has 1 aliphatic carbocycles. The van der Waals surface area contributed by atoms with E-state index in [0.717, 1.165) is 58.3 Å². The van der Waals surface area contributed by atoms with Gasteiger partial charge in [-0.2, -0.15) is 14.4 Å². The minimum absolute atomic E-state index is 0.0687. The molecule has 2 aliphatic rings. The van der Waals surface area contributed by atoms with E-state index in [1.165, 1.54) is 19.4 Å². The third-order valence-corrected chi connectivity index (χ3v) is 7.18. The number of nitrogen functional groups attached to an aromatic ring is 1. The molecule has 0 saturated heterocycles. The van der Waals surface area contributed by atoms with Crippen molar-refractivity contribution in [2.75, 3.05) is 32.2 Å². The molecule has 0 spiro atoms. The largest absolute Gasteiger partial charge is 0.454 e. The van der Waals surface area contributed by atoms with Crippen molar-refractivity contribution in [3.63, 3.8) is 0 Å². The second kappa shape index (κ2) is 9.57. The monoisotopic (exact) mass is 566 g/mol. The minimum Gasteiger partial charge on any atom is -0.454 e. The predicted octanol–water partition coefficient (Wildman–Crippen LogP) is 3.98. The molecule has 5 rings (SSSR count). The first kappa shape index (κ1) is 22.6. The average molecular weight is 566 g/mol. The number of aromatic nitrogens is 4. The molecule has 10 heteroatoms. The molecule has 2 N–H and O–H groups in total. The van der Waals surface area contributed by atoms with Crippen molar-refractivity contribution < 1.29 is 13.9 Å². The first-order valence-corrected chi connectivity index (χ1v) is 12.6. The Morgan fingerprint density at radius 1 is 1.18 bits per heavy atom. The third kappa shape index (κ3) is 5.01. The van der Waals surface area contributed by atoms with E-state index in [-0.39, 0.29) is 12.6 Å². The van der Waals surface area contributed by atoms with Gasteiger partial charge in [-0.3, -0.25) is 0 Å². The number of rotatable bonds is 10. The molecule has 0 amide bonds. The van der Waals surface area contributed by atoms with Gasteiger partial charge < -0.3 is 24.7 Å². The maximum absolute atomic E-state index is 14.0. The summed E-state index contributed by atoms with van der Waals surface area (Å²) in [5.41, 5.74) is 7.96. The van der Waals surface area contributed by atoms with Crippen molar-refractivity contribution in [3.05, 3.63) is 33.2 Å². The van der Waals surface area contributed by atoms with Crippen molar-refractivity contribution in [3.8, 4) is 11.5 Å². The van der Waals surface area contributed by atoms with Gasteiger partial charge in [-0.25, -0.2) is 4.98 Å². The highest BCUT2D eigenvalue weighted by Gasteiger charge is 2.24. The summed E-state index contributed by atoms with van der Waals surface area (Å²) in [7, 11) is 0. The first-order chi connectivity index (χ1) is 16.0. The predicted molar refractivity (Wildman–Crippen MR) is 132 cm³/mol. The molecule has 3 heterocycles. The van der Waals surface area contributed by atoms with Crippen LogP contribution in [0.25, 0.3) is 11.2 Å². The maximum Gasteiger partial charge on any atom is 0.312 e. The van der Waals surface area contributed by atoms with E-state index >= 15 is 0 Å². The fourth-order valence-electron chi connectivity index (χ4n) is 4.40. The highest BCUT2D eigenvalue weighted by Crippen LogP contribution is 2.36. The SMILES string of the molecule is CCCN(CCCn1c(Cc2cc3c(cc2I)OCO3)nc2c(N)nc(F)nc21)CC1CC1. The highest BCUT2D eigenvalue weighted by atomic mass is 127. The molecule has 1 saturated carbocycles. The van der Waals surface area contributed by atoms with Gasteiger partial charge in [0.05, 0.1) is 0 Å². The Morgan fingerprint density at radius 2 is 1.97 bits per heavy atom. The Bertz CT molecular complexity index is 1170. The highest BCUT2D eigenvalue weighted by molar-refractivity contribution is 14.1. The number of anilines is 1. The number of aryl methyl sites for hydroxylation is 1. The van der Waals surface area contributed by atoms with Gasteiger partial charge in [0.2, 0.25) is 6.79 Å². The van der Waals surface area contributed by atoms with Gasteiger partial charge in [0.1, 0.15) is 5.82 Å². The average Bonchev–Trinajstić information content (AvgIpc) is 3.36. The molecule has 2 aromatic heterocycles. The number of imidazole rings is 1. The lowest BCUT2D eigenvalue weighted by atomic mass is 10.1. The molecule has 1 aliphatic heterocycles. The Balaban J connectivity index is 1.42. The third-order valence-electron chi connectivity index (χ3n) is 6.17. The first-order valence-electron chi connectivity index (χ1n) is 11.5. The number of halogens is 2. The molecule has 0 atom stereocenters. The fraction of sp³-hybridized carbons (Fsp3) is 0.522. The number of benzene rings is 1. The van der Waals surface area contributed by atoms with Gasteiger partial charge >= 0.3 is 6.08 Å². The molecule has 0 bridgehead atoms. The van der Waals surface area contributed by atoms with E-state index in [9.17, 15) is 4.39 Å². The normalized spacial score (nSPS) is 15.2. The van der Waals surface area contributed by atoms with Crippen LogP contribution in [0, 0.1) is 15.6 Å². The van der Waals surface area contributed by atoms with Crippen molar-refractivity contribution in [1.82, 2.24) is 24.4 Å². The standard InChI is InChI=1S/C23H28FIN6O2/c1-2-6-30(12-14-4-5-14)7-3-8-31-19(27-20-21(26)28-23(24)29-22(20)31)10-15-9-17-18(11-16(15)25)33-13-32-17/h9,11,14H,2-8,10,12-13H2,1H3,(H2,26,28,29). The van der Waals surface area contributed by atoms with Crippen LogP contribution in [0.1, 0.15) is 44.0 Å². The van der Waals surface area contributed by atoms with E-state index in [1.54, 1.807) is 0 Å². The molecule has 0 radical (unpaired) electrons. The molecular weight excluding hydrogens is 538 g/mol. The Hall–Kier alpha value is -2.21. The topological polar surface area (TPSA) is 91.3 Å². The quantitative estimate of drug-likeness (QED) is 0.293. The van der Waals surface area contributed by atoms with Crippen LogP contribution >= 0.6 is 22.6 Å². The maximum atomic E-state index is 14.0. The summed E-state index contributed by atoms with van der Waals surface area (Å²) < 4.78 is 28.1. The lowest BCUT2D eigenvalue weighted by molar-refractivity contribution is 0.174. The van der Waals surface area contributed by atoms with Gasteiger partial charge in [-0.05, 0) is 85.0 Å². The summed E-state index contributed by atoms with van der Waals surface area (Å²) in [4.78, 5) is 15.0. The summed E-state index contributed by atoms with van der Waals surface area (Å²) in [6.07, 6.45) is 4.48. The van der Waals surface area contributed by atoms with Crippen molar-refractivity contribution in [1.29, 1.82) is 0 Å². The lowest BCUT2D eigenvalue weighted by Gasteiger charge is -2.21. The lowest BCUT2D eigenvalue weighted by Crippen LogP contribution is -2.28. The van der Waals surface area contributed by atoms with Gasteiger partial charge in [-0.15, -0.1) is 0 Å². The van der Waals surface area contributed by atoms with Gasteiger partial charge in [0.15, 0.2) is 28.5 Å². The summed E-state index contributed by atoms with van der Waals surface area (Å²) in [6, 6.07) is 3.96. The van der Waals surface area contributed by atoms with Crippen LogP contribution < -0.4 is 15.2 Å². The van der Waals surface area contributed by atoms with Crippen LogP contribution in [-0.2, 0) is 13.0 Å². The summed E-state index contributed by atoms with van der Waals surface area (Å²) in [6.45, 7) is 6.41. The van der Waals surface area contributed by atoms with Crippen LogP contribution in [0.3, 0.4) is 0 Å². The van der Waals surface area contributed by atoms with E-state index in [0.29, 0.717) is 24.1 Å². The van der Waals surface area contributed by atoms with E-state index in [1.807, 2.05) is 16.7 Å². The van der Waals surface area contributed by atoms with Crippen LogP contribution in [0.4, 0.5) is 10.2 Å². The fourth-order valence-corrected chi connectivity index (χ4v) is 5.03. The Kier molecular flexibility index (Phi) is 6.55. The van der Waals surface area contributed by atoms with Crippen LogP contribution in [0.5, 0.6) is 11.5 Å². The zero-order chi connectivity index (χ0) is 22.9. The number of ether oxygens (including phenoxy) is 2.